The first-order chi connectivity index (χ1) is 8.99. The Morgan fingerprint density at radius 2 is 1.89 bits per heavy atom. The second-order valence-electron chi connectivity index (χ2n) is 5.87. The van der Waals surface area contributed by atoms with Crippen molar-refractivity contribution in [2.45, 2.75) is 52.0 Å². The van der Waals surface area contributed by atoms with E-state index in [1.807, 2.05) is 13.8 Å². The number of nitrogens with one attached hydrogen (secondary N) is 3. The SMILES string of the molecule is CN=C(NCC(C)(C)C(=O)NC)NC1CCCCC1. The molecule has 1 saturated carbocycles. The van der Waals surface area contributed by atoms with Gasteiger partial charge in [0.05, 0.1) is 5.41 Å². The molecule has 1 rings (SSSR count). The maximum atomic E-state index is 11.7. The fourth-order valence-electron chi connectivity index (χ4n) is 2.36. The first kappa shape index (κ1) is 15.8. The zero-order chi connectivity index (χ0) is 14.3. The smallest absolute Gasteiger partial charge is 0.227 e. The topological polar surface area (TPSA) is 65.5 Å². The second-order valence-corrected chi connectivity index (χ2v) is 5.87. The molecule has 0 radical (unpaired) electrons. The summed E-state index contributed by atoms with van der Waals surface area (Å²) in [6, 6.07) is 0.517. The average molecular weight is 268 g/mol. The number of carbonyl (C=O) groups is 1. The number of amides is 1. The van der Waals surface area contributed by atoms with Gasteiger partial charge in [0.1, 0.15) is 0 Å². The first-order valence-electron chi connectivity index (χ1n) is 7.19. The molecular weight excluding hydrogens is 240 g/mol. The molecule has 5 heteroatoms. The summed E-state index contributed by atoms with van der Waals surface area (Å²) in [5.74, 6) is 0.831. The van der Waals surface area contributed by atoms with Gasteiger partial charge in [-0.05, 0) is 26.7 Å². The Balaban J connectivity index is 2.42. The van der Waals surface area contributed by atoms with Crippen LogP contribution < -0.4 is 16.0 Å². The summed E-state index contributed by atoms with van der Waals surface area (Å²) in [5.41, 5.74) is -0.446. The van der Waals surface area contributed by atoms with Crippen molar-refractivity contribution in [3.63, 3.8) is 0 Å². The average Bonchev–Trinajstić information content (AvgIpc) is 2.43. The van der Waals surface area contributed by atoms with Crippen LogP contribution in [0.25, 0.3) is 0 Å². The van der Waals surface area contributed by atoms with Gasteiger partial charge in [-0.2, -0.15) is 0 Å². The highest BCUT2D eigenvalue weighted by Gasteiger charge is 2.27. The number of hydrogen-bond acceptors (Lipinski definition) is 2. The minimum atomic E-state index is -0.446. The van der Waals surface area contributed by atoms with Crippen LogP contribution in [0.1, 0.15) is 46.0 Å². The first-order valence-corrected chi connectivity index (χ1v) is 7.19. The number of guanidine groups is 1. The maximum absolute atomic E-state index is 11.7. The normalized spacial score (nSPS) is 18.0. The van der Waals surface area contributed by atoms with E-state index < -0.39 is 5.41 Å². The van der Waals surface area contributed by atoms with Crippen LogP contribution in [-0.2, 0) is 4.79 Å². The van der Waals surface area contributed by atoms with Crippen LogP contribution in [0.2, 0.25) is 0 Å². The Hall–Kier alpha value is -1.26. The summed E-state index contributed by atoms with van der Waals surface area (Å²) in [6.07, 6.45) is 6.34. The number of rotatable bonds is 4. The van der Waals surface area contributed by atoms with Crippen molar-refractivity contribution >= 4 is 11.9 Å². The van der Waals surface area contributed by atoms with Gasteiger partial charge in [0, 0.05) is 26.7 Å². The van der Waals surface area contributed by atoms with Crippen LogP contribution in [0.4, 0.5) is 0 Å². The van der Waals surface area contributed by atoms with Crippen LogP contribution in [0, 0.1) is 5.41 Å². The molecule has 0 saturated heterocycles. The fraction of sp³-hybridized carbons (Fsp3) is 0.857. The number of hydrogen-bond donors (Lipinski definition) is 3. The molecule has 0 aromatic rings. The standard InChI is InChI=1S/C14H28N4O/c1-14(2,12(19)15-3)10-17-13(16-4)18-11-8-6-5-7-9-11/h11H,5-10H2,1-4H3,(H,15,19)(H2,16,17,18). The van der Waals surface area contributed by atoms with Crippen molar-refractivity contribution in [2.24, 2.45) is 10.4 Å². The monoisotopic (exact) mass is 268 g/mol. The summed E-state index contributed by atoms with van der Waals surface area (Å²) >= 11 is 0. The molecule has 0 aliphatic heterocycles. The highest BCUT2D eigenvalue weighted by atomic mass is 16.2. The maximum Gasteiger partial charge on any atom is 0.227 e. The van der Waals surface area contributed by atoms with E-state index in [0.29, 0.717) is 12.6 Å². The lowest BCUT2D eigenvalue weighted by Crippen LogP contribution is -2.49. The minimum absolute atomic E-state index is 0.0353. The van der Waals surface area contributed by atoms with Crippen LogP contribution in [-0.4, -0.2) is 38.5 Å². The van der Waals surface area contributed by atoms with Gasteiger partial charge in [-0.1, -0.05) is 19.3 Å². The zero-order valence-electron chi connectivity index (χ0n) is 12.7. The molecule has 1 fully saturated rings. The van der Waals surface area contributed by atoms with Crippen molar-refractivity contribution in [1.29, 1.82) is 0 Å². The van der Waals surface area contributed by atoms with E-state index in [0.717, 1.165) is 5.96 Å². The lowest BCUT2D eigenvalue weighted by molar-refractivity contribution is -0.128. The van der Waals surface area contributed by atoms with Gasteiger partial charge in [-0.15, -0.1) is 0 Å². The van der Waals surface area contributed by atoms with Gasteiger partial charge in [0.25, 0.3) is 0 Å². The second kappa shape index (κ2) is 7.36. The number of nitrogens with zero attached hydrogens (tertiary/aromatic N) is 1. The summed E-state index contributed by atoms with van der Waals surface area (Å²) < 4.78 is 0. The Labute approximate surface area is 116 Å². The van der Waals surface area contributed by atoms with Crippen molar-refractivity contribution in [1.82, 2.24) is 16.0 Å². The van der Waals surface area contributed by atoms with Gasteiger partial charge in [-0.3, -0.25) is 9.79 Å². The molecular formula is C14H28N4O. The van der Waals surface area contributed by atoms with Crippen molar-refractivity contribution in [2.75, 3.05) is 20.6 Å². The predicted octanol–water partition coefficient (Wildman–Crippen LogP) is 1.26. The van der Waals surface area contributed by atoms with Crippen LogP contribution in [0.15, 0.2) is 4.99 Å². The van der Waals surface area contributed by atoms with E-state index >= 15 is 0 Å². The lowest BCUT2D eigenvalue weighted by Gasteiger charge is -2.27. The number of carbonyl (C=O) groups excluding carboxylic acids is 1. The molecule has 5 nitrogen and oxygen atoms in total. The van der Waals surface area contributed by atoms with Gasteiger partial charge in [0.15, 0.2) is 5.96 Å². The van der Waals surface area contributed by atoms with E-state index in [9.17, 15) is 4.79 Å². The molecule has 0 bridgehead atoms. The summed E-state index contributed by atoms with van der Waals surface area (Å²) in [4.78, 5) is 15.9. The quantitative estimate of drug-likeness (QED) is 0.531. The van der Waals surface area contributed by atoms with Crippen LogP contribution in [0.3, 0.4) is 0 Å². The van der Waals surface area contributed by atoms with Crippen molar-refractivity contribution in [3.8, 4) is 0 Å². The van der Waals surface area contributed by atoms with E-state index in [1.165, 1.54) is 32.1 Å². The van der Waals surface area contributed by atoms with E-state index in [-0.39, 0.29) is 5.91 Å². The summed E-state index contributed by atoms with van der Waals surface area (Å²) in [5, 5.41) is 9.38. The van der Waals surface area contributed by atoms with Crippen molar-refractivity contribution in [3.05, 3.63) is 0 Å². The Morgan fingerprint density at radius 1 is 1.26 bits per heavy atom. The Morgan fingerprint density at radius 3 is 2.42 bits per heavy atom. The Kier molecular flexibility index (Phi) is 6.12. The van der Waals surface area contributed by atoms with Crippen molar-refractivity contribution < 1.29 is 4.79 Å². The van der Waals surface area contributed by atoms with Gasteiger partial charge in [-0.25, -0.2) is 0 Å². The number of aliphatic imine (C=N–C) groups is 1. The predicted molar refractivity (Wildman–Crippen MR) is 79.2 cm³/mol. The summed E-state index contributed by atoms with van der Waals surface area (Å²) in [7, 11) is 3.43. The van der Waals surface area contributed by atoms with Gasteiger partial charge in [0.2, 0.25) is 5.91 Å². The van der Waals surface area contributed by atoms with Gasteiger partial charge < -0.3 is 16.0 Å². The highest BCUT2D eigenvalue weighted by molar-refractivity contribution is 5.84. The van der Waals surface area contributed by atoms with Gasteiger partial charge >= 0.3 is 0 Å². The lowest BCUT2D eigenvalue weighted by atomic mass is 9.92. The molecule has 1 aliphatic rings. The third kappa shape index (κ3) is 5.09. The van der Waals surface area contributed by atoms with E-state index in [1.54, 1.807) is 14.1 Å². The molecule has 1 amide bonds. The molecule has 3 N–H and O–H groups in total. The largest absolute Gasteiger partial charge is 0.359 e. The molecule has 0 aromatic heterocycles. The van der Waals surface area contributed by atoms with Crippen LogP contribution in [0.5, 0.6) is 0 Å². The molecule has 19 heavy (non-hydrogen) atoms. The minimum Gasteiger partial charge on any atom is -0.359 e. The molecule has 0 spiro atoms. The molecule has 0 atom stereocenters. The third-order valence-corrected chi connectivity index (χ3v) is 3.71. The zero-order valence-corrected chi connectivity index (χ0v) is 12.7. The molecule has 110 valence electrons. The van der Waals surface area contributed by atoms with E-state index in [4.69, 9.17) is 0 Å². The summed E-state index contributed by atoms with van der Waals surface area (Å²) in [6.45, 7) is 4.42. The highest BCUT2D eigenvalue weighted by Crippen LogP contribution is 2.17. The molecule has 0 aromatic carbocycles. The third-order valence-electron chi connectivity index (χ3n) is 3.71. The molecule has 0 heterocycles. The van der Waals surface area contributed by atoms with Crippen LogP contribution >= 0.6 is 0 Å². The van der Waals surface area contributed by atoms with E-state index in [2.05, 4.69) is 20.9 Å². The Bertz CT molecular complexity index is 319. The molecule has 0 unspecified atom stereocenters. The molecule has 1 aliphatic carbocycles. The fourth-order valence-corrected chi connectivity index (χ4v) is 2.36.